The van der Waals surface area contributed by atoms with Crippen LogP contribution >= 0.6 is 0 Å². The zero-order chi connectivity index (χ0) is 46.2. The van der Waals surface area contributed by atoms with Crippen molar-refractivity contribution in [3.05, 3.63) is 146 Å². The summed E-state index contributed by atoms with van der Waals surface area (Å²) in [5.41, 5.74) is 1.49. The summed E-state index contributed by atoms with van der Waals surface area (Å²) in [4.78, 5) is 23.5. The summed E-state index contributed by atoms with van der Waals surface area (Å²) in [7, 11) is -17.9. The van der Waals surface area contributed by atoms with Gasteiger partial charge in [0.25, 0.3) is 20.2 Å². The summed E-state index contributed by atoms with van der Waals surface area (Å²) < 4.78 is 131. The van der Waals surface area contributed by atoms with Crippen LogP contribution in [0.3, 0.4) is 0 Å². The second kappa shape index (κ2) is 20.5. The second-order valence-electron chi connectivity index (χ2n) is 13.9. The molecule has 8 rings (SSSR count). The maximum Gasteiger partial charge on any atom is 1.00 e. The fourth-order valence-corrected chi connectivity index (χ4v) is 8.47. The molecule has 0 spiro atoms. The summed E-state index contributed by atoms with van der Waals surface area (Å²) in [6, 6.07) is 34.3. The SMILES string of the molecule is O=C(Nc1ccc2ccc(S(=O)(=O)[O-])cc2c1)Nc1ccc2ccc(S(=O)(=O)O)cc2c1.O=C(Nc1ccc2ccc(S(=O)(=O)[O-])cc2c1)Nc1ccc2ccc(S(=O)(=O)O)cc2c1.[Na+].[Na+]. The van der Waals surface area contributed by atoms with Crippen molar-refractivity contribution in [2.24, 2.45) is 0 Å². The molecule has 6 N–H and O–H groups in total. The summed E-state index contributed by atoms with van der Waals surface area (Å²) in [5.74, 6) is 0. The molecule has 0 unspecified atom stereocenters. The molecule has 0 aliphatic carbocycles. The van der Waals surface area contributed by atoms with Crippen LogP contribution in [0.25, 0.3) is 43.1 Å². The molecule has 0 saturated carbocycles. The molecule has 0 saturated heterocycles. The van der Waals surface area contributed by atoms with Crippen LogP contribution in [0.15, 0.2) is 165 Å². The first-order valence-corrected chi connectivity index (χ1v) is 23.9. The number of hydrogen-bond acceptors (Lipinski definition) is 12. The molecule has 0 atom stereocenters. The molecule has 328 valence electrons. The van der Waals surface area contributed by atoms with E-state index < -0.39 is 52.5 Å². The van der Waals surface area contributed by atoms with E-state index in [2.05, 4.69) is 21.3 Å². The van der Waals surface area contributed by atoms with Crippen LogP contribution in [0, 0.1) is 0 Å². The molecule has 0 aliphatic heterocycles. The third-order valence-electron chi connectivity index (χ3n) is 9.45. The Morgan fingerprint density at radius 2 is 0.545 bits per heavy atom. The number of fused-ring (bicyclic) bond motifs is 4. The minimum absolute atomic E-state index is 0. The number of carbonyl (C=O) groups is 2. The number of amides is 4. The molecule has 66 heavy (non-hydrogen) atoms. The van der Waals surface area contributed by atoms with Crippen molar-refractivity contribution in [3.63, 3.8) is 0 Å². The molecule has 0 bridgehead atoms. The average Bonchev–Trinajstić information content (AvgIpc) is 3.21. The molecule has 0 heterocycles. The van der Waals surface area contributed by atoms with E-state index >= 15 is 0 Å². The van der Waals surface area contributed by atoms with Crippen molar-refractivity contribution in [3.8, 4) is 0 Å². The van der Waals surface area contributed by atoms with E-state index in [0.717, 1.165) is 0 Å². The van der Waals surface area contributed by atoms with Crippen LogP contribution < -0.4 is 80.4 Å². The Hall–Kier alpha value is -5.02. The Bertz CT molecular complexity index is 3210. The van der Waals surface area contributed by atoms with Crippen molar-refractivity contribution in [1.29, 1.82) is 0 Å². The third kappa shape index (κ3) is 13.1. The quantitative estimate of drug-likeness (QED) is 0.0931. The molecule has 0 fully saturated rings. The van der Waals surface area contributed by atoms with Gasteiger partial charge in [-0.3, -0.25) is 9.11 Å². The van der Waals surface area contributed by atoms with Crippen LogP contribution in [-0.4, -0.2) is 63.9 Å². The van der Waals surface area contributed by atoms with E-state index in [-0.39, 0.29) is 78.7 Å². The zero-order valence-electron chi connectivity index (χ0n) is 34.3. The van der Waals surface area contributed by atoms with Gasteiger partial charge in [0.2, 0.25) is 0 Å². The first-order valence-electron chi connectivity index (χ1n) is 18.2. The molecule has 4 amide bonds. The molecular formula is C42H30N4Na2O14S4. The van der Waals surface area contributed by atoms with Gasteiger partial charge in [-0.05, 0) is 140 Å². The molecule has 8 aromatic rings. The molecule has 8 aromatic carbocycles. The van der Waals surface area contributed by atoms with E-state index in [4.69, 9.17) is 0 Å². The Morgan fingerprint density at radius 3 is 0.773 bits per heavy atom. The Kier molecular flexibility index (Phi) is 16.1. The number of anilines is 4. The van der Waals surface area contributed by atoms with E-state index in [1.165, 1.54) is 84.9 Å². The first-order chi connectivity index (χ1) is 30.0. The van der Waals surface area contributed by atoms with Gasteiger partial charge in [0.15, 0.2) is 0 Å². The first kappa shape index (κ1) is 52.0. The Labute approximate surface area is 421 Å². The van der Waals surface area contributed by atoms with E-state index in [1.807, 2.05) is 0 Å². The van der Waals surface area contributed by atoms with Crippen LogP contribution in [0.1, 0.15) is 0 Å². The molecule has 0 aromatic heterocycles. The number of rotatable bonds is 8. The summed E-state index contributed by atoms with van der Waals surface area (Å²) in [5, 5.41) is 15.2. The number of carbonyl (C=O) groups excluding carboxylic acids is 2. The van der Waals surface area contributed by atoms with Gasteiger partial charge < -0.3 is 30.4 Å². The normalized spacial score (nSPS) is 11.7. The maximum atomic E-state index is 12.4. The van der Waals surface area contributed by atoms with Crippen molar-refractivity contribution in [2.45, 2.75) is 19.6 Å². The monoisotopic (exact) mass is 988 g/mol. The van der Waals surface area contributed by atoms with Crippen LogP contribution in [0.5, 0.6) is 0 Å². The van der Waals surface area contributed by atoms with E-state index in [1.54, 1.807) is 60.7 Å². The van der Waals surface area contributed by atoms with Crippen molar-refractivity contribution in [2.75, 3.05) is 21.3 Å². The minimum atomic E-state index is -4.60. The van der Waals surface area contributed by atoms with Gasteiger partial charge in [0.05, 0.1) is 19.6 Å². The molecule has 0 aliphatic rings. The number of hydrogen-bond donors (Lipinski definition) is 6. The van der Waals surface area contributed by atoms with Gasteiger partial charge in [0.1, 0.15) is 20.2 Å². The molecular weight excluding hydrogens is 959 g/mol. The largest absolute Gasteiger partial charge is 1.00 e. The molecule has 24 heteroatoms. The van der Waals surface area contributed by atoms with Crippen molar-refractivity contribution >= 4 is 118 Å². The van der Waals surface area contributed by atoms with Gasteiger partial charge in [-0.15, -0.1) is 0 Å². The van der Waals surface area contributed by atoms with E-state index in [9.17, 15) is 61.5 Å². The minimum Gasteiger partial charge on any atom is -0.744 e. The second-order valence-corrected chi connectivity index (χ2v) is 19.5. The Morgan fingerprint density at radius 1 is 0.333 bits per heavy atom. The van der Waals surface area contributed by atoms with Gasteiger partial charge in [-0.25, -0.2) is 26.4 Å². The summed E-state index contributed by atoms with van der Waals surface area (Å²) in [6.07, 6.45) is 0. The predicted molar refractivity (Wildman–Crippen MR) is 237 cm³/mol. The third-order valence-corrected chi connectivity index (χ3v) is 12.8. The fourth-order valence-electron chi connectivity index (χ4n) is 6.43. The van der Waals surface area contributed by atoms with Gasteiger partial charge in [-0.2, -0.15) is 16.8 Å². The maximum absolute atomic E-state index is 12.4. The standard InChI is InChI=1S/2C21H16N2O7S2.2Na/c2*24-21(22-17-5-1-13-3-7-19(31(25,26)27)11-15(13)9-17)23-18-6-2-14-4-8-20(32(28,29)30)12-16(14)10-18;;/h2*1-12H,(H2,22,23,24)(H,25,26,27)(H,28,29,30);;/q;;2*+1/p-2. The van der Waals surface area contributed by atoms with E-state index in [0.29, 0.717) is 65.8 Å². The van der Waals surface area contributed by atoms with Gasteiger partial charge >= 0.3 is 71.2 Å². The van der Waals surface area contributed by atoms with Crippen LogP contribution in [0.2, 0.25) is 0 Å². The molecule has 18 nitrogen and oxygen atoms in total. The number of urea groups is 2. The van der Waals surface area contributed by atoms with Crippen molar-refractivity contribution < 1.29 is 121 Å². The number of nitrogens with one attached hydrogen (secondary N) is 4. The van der Waals surface area contributed by atoms with Gasteiger partial charge in [-0.1, -0.05) is 48.5 Å². The van der Waals surface area contributed by atoms with Crippen molar-refractivity contribution in [1.82, 2.24) is 0 Å². The molecule has 0 radical (unpaired) electrons. The average molecular weight is 989 g/mol. The summed E-state index contributed by atoms with van der Waals surface area (Å²) >= 11 is 0. The van der Waals surface area contributed by atoms with Crippen LogP contribution in [0.4, 0.5) is 32.3 Å². The Balaban J connectivity index is 0.000000240. The smallest absolute Gasteiger partial charge is 0.744 e. The predicted octanol–water partition coefficient (Wildman–Crippen LogP) is 1.58. The fraction of sp³-hybridized carbons (Fsp3) is 0. The summed E-state index contributed by atoms with van der Waals surface area (Å²) in [6.45, 7) is 0. The van der Waals surface area contributed by atoms with Crippen LogP contribution in [-0.2, 0) is 40.5 Å². The zero-order valence-corrected chi connectivity index (χ0v) is 41.5. The topological polar surface area (TPSA) is 305 Å². The van der Waals surface area contributed by atoms with Gasteiger partial charge in [0, 0.05) is 22.7 Å². The number of benzene rings is 8.